The summed E-state index contributed by atoms with van der Waals surface area (Å²) >= 11 is 0. The number of imidazole rings is 1. The van der Waals surface area contributed by atoms with Crippen molar-refractivity contribution in [1.82, 2.24) is 18.7 Å². The highest BCUT2D eigenvalue weighted by Crippen LogP contribution is 2.17. The normalized spacial score (nSPS) is 11.2. The molecule has 142 valence electrons. The maximum absolute atomic E-state index is 12.6. The van der Waals surface area contributed by atoms with Crippen molar-refractivity contribution >= 4 is 33.7 Å². The molecule has 0 saturated heterocycles. The Kier molecular flexibility index (Phi) is 3.95. The van der Waals surface area contributed by atoms with Crippen molar-refractivity contribution in [3.05, 3.63) is 67.9 Å². The van der Waals surface area contributed by atoms with E-state index in [4.69, 9.17) is 4.42 Å². The van der Waals surface area contributed by atoms with Crippen molar-refractivity contribution in [3.8, 4) is 0 Å². The molecule has 1 aromatic carbocycles. The summed E-state index contributed by atoms with van der Waals surface area (Å²) in [6.45, 7) is -0.450. The summed E-state index contributed by atoms with van der Waals surface area (Å²) in [7, 11) is 3.13. The van der Waals surface area contributed by atoms with E-state index in [2.05, 4.69) is 10.3 Å². The number of amides is 1. The van der Waals surface area contributed by atoms with Crippen molar-refractivity contribution in [1.29, 1.82) is 0 Å². The Morgan fingerprint density at radius 3 is 2.71 bits per heavy atom. The molecule has 4 rings (SSSR count). The topological polar surface area (TPSA) is 121 Å². The van der Waals surface area contributed by atoms with E-state index in [1.165, 1.54) is 28.6 Å². The van der Waals surface area contributed by atoms with E-state index in [1.54, 1.807) is 31.3 Å². The van der Waals surface area contributed by atoms with Gasteiger partial charge in [0.05, 0.1) is 6.33 Å². The third-order valence-corrected chi connectivity index (χ3v) is 4.41. The first-order valence-corrected chi connectivity index (χ1v) is 8.30. The highest BCUT2D eigenvalue weighted by molar-refractivity contribution is 5.93. The first-order valence-electron chi connectivity index (χ1n) is 8.30. The molecular formula is C18H15N5O5. The van der Waals surface area contributed by atoms with Crippen LogP contribution in [-0.4, -0.2) is 24.6 Å². The van der Waals surface area contributed by atoms with Crippen molar-refractivity contribution in [2.45, 2.75) is 6.54 Å². The highest BCUT2D eigenvalue weighted by Gasteiger charge is 2.17. The van der Waals surface area contributed by atoms with E-state index in [0.717, 1.165) is 4.57 Å². The second kappa shape index (κ2) is 6.34. The van der Waals surface area contributed by atoms with Crippen LogP contribution in [0.1, 0.15) is 0 Å². The lowest BCUT2D eigenvalue weighted by atomic mass is 10.2. The Bertz CT molecular complexity index is 1420. The van der Waals surface area contributed by atoms with Gasteiger partial charge in [0.1, 0.15) is 12.1 Å². The number of hydrogen-bond donors (Lipinski definition) is 1. The zero-order valence-corrected chi connectivity index (χ0v) is 15.0. The maximum atomic E-state index is 12.6. The summed E-state index contributed by atoms with van der Waals surface area (Å²) in [4.78, 5) is 52.8. The van der Waals surface area contributed by atoms with E-state index in [0.29, 0.717) is 16.7 Å². The average molecular weight is 381 g/mol. The number of rotatable bonds is 3. The zero-order valence-electron chi connectivity index (χ0n) is 15.0. The molecule has 0 aliphatic rings. The average Bonchev–Trinajstić information content (AvgIpc) is 3.05. The van der Waals surface area contributed by atoms with Crippen LogP contribution in [0.2, 0.25) is 0 Å². The summed E-state index contributed by atoms with van der Waals surface area (Å²) in [5, 5.41) is 3.27. The molecule has 3 heterocycles. The van der Waals surface area contributed by atoms with Gasteiger partial charge in [0.15, 0.2) is 11.2 Å². The number of fused-ring (bicyclic) bond motifs is 2. The number of nitrogens with zero attached hydrogens (tertiary/aromatic N) is 4. The van der Waals surface area contributed by atoms with Gasteiger partial charge in [-0.1, -0.05) is 0 Å². The van der Waals surface area contributed by atoms with E-state index >= 15 is 0 Å². The molecule has 28 heavy (non-hydrogen) atoms. The smallest absolute Gasteiger partial charge is 0.336 e. The minimum absolute atomic E-state index is 0.232. The molecule has 10 heteroatoms. The van der Waals surface area contributed by atoms with Crippen LogP contribution in [0.4, 0.5) is 5.69 Å². The van der Waals surface area contributed by atoms with Crippen molar-refractivity contribution in [2.75, 3.05) is 5.32 Å². The predicted octanol–water partition coefficient (Wildman–Crippen LogP) is 0.179. The third-order valence-electron chi connectivity index (χ3n) is 4.41. The highest BCUT2D eigenvalue weighted by atomic mass is 16.4. The fourth-order valence-corrected chi connectivity index (χ4v) is 3.03. The Hall–Kier alpha value is -3.95. The first kappa shape index (κ1) is 17.5. The number of anilines is 1. The molecule has 0 unspecified atom stereocenters. The SMILES string of the molecule is Cn1cnc2c1c(=O)n(CC(=O)Nc1ccc3oc(=O)ccc3c1)c(=O)n2C. The van der Waals surface area contributed by atoms with Crippen LogP contribution in [0.15, 0.2) is 55.5 Å². The quantitative estimate of drug-likeness (QED) is 0.505. The molecular weight excluding hydrogens is 366 g/mol. The van der Waals surface area contributed by atoms with Crippen molar-refractivity contribution in [3.63, 3.8) is 0 Å². The molecule has 3 aromatic heterocycles. The molecule has 1 amide bonds. The fraction of sp³-hybridized carbons (Fsp3) is 0.167. The molecule has 1 N–H and O–H groups in total. The number of benzene rings is 1. The van der Waals surface area contributed by atoms with E-state index in [-0.39, 0.29) is 11.2 Å². The Balaban J connectivity index is 1.67. The summed E-state index contributed by atoms with van der Waals surface area (Å²) in [5.41, 5.74) is -0.374. The monoisotopic (exact) mass is 381 g/mol. The van der Waals surface area contributed by atoms with Gasteiger partial charge in [0, 0.05) is 31.2 Å². The van der Waals surface area contributed by atoms with Gasteiger partial charge in [-0.05, 0) is 24.3 Å². The van der Waals surface area contributed by atoms with Gasteiger partial charge in [-0.3, -0.25) is 14.2 Å². The second-order valence-electron chi connectivity index (χ2n) is 6.32. The summed E-state index contributed by atoms with van der Waals surface area (Å²) in [6, 6.07) is 7.60. The van der Waals surface area contributed by atoms with Crippen LogP contribution < -0.4 is 22.2 Å². The molecule has 0 spiro atoms. The maximum Gasteiger partial charge on any atom is 0.336 e. The van der Waals surface area contributed by atoms with Crippen molar-refractivity contribution < 1.29 is 9.21 Å². The van der Waals surface area contributed by atoms with Gasteiger partial charge < -0.3 is 14.3 Å². The Morgan fingerprint density at radius 1 is 1.14 bits per heavy atom. The third kappa shape index (κ3) is 2.80. The van der Waals surface area contributed by atoms with Gasteiger partial charge in [0.25, 0.3) is 5.56 Å². The molecule has 0 fully saturated rings. The standard InChI is InChI=1S/C18H15N5O5/c1-21-9-19-16-15(21)17(26)23(18(27)22(16)2)8-13(24)20-11-4-5-12-10(7-11)3-6-14(25)28-12/h3-7,9H,8H2,1-2H3,(H,20,24). The Labute approximate surface area is 156 Å². The molecule has 0 bridgehead atoms. The number of nitrogens with one attached hydrogen (secondary N) is 1. The van der Waals surface area contributed by atoms with Gasteiger partial charge >= 0.3 is 11.3 Å². The lowest BCUT2D eigenvalue weighted by Gasteiger charge is -2.09. The minimum atomic E-state index is -0.633. The van der Waals surface area contributed by atoms with Crippen LogP contribution in [0.3, 0.4) is 0 Å². The lowest BCUT2D eigenvalue weighted by molar-refractivity contribution is -0.116. The van der Waals surface area contributed by atoms with E-state index < -0.39 is 29.3 Å². The summed E-state index contributed by atoms with van der Waals surface area (Å²) in [5.74, 6) is -0.544. The second-order valence-corrected chi connectivity index (χ2v) is 6.32. The zero-order chi connectivity index (χ0) is 20.0. The number of aryl methyl sites for hydroxylation is 2. The number of hydrogen-bond acceptors (Lipinski definition) is 6. The van der Waals surface area contributed by atoms with Crippen LogP contribution in [-0.2, 0) is 25.4 Å². The number of aromatic nitrogens is 4. The first-order chi connectivity index (χ1) is 13.3. The van der Waals surface area contributed by atoms with Crippen LogP contribution in [0, 0.1) is 0 Å². The van der Waals surface area contributed by atoms with Crippen LogP contribution in [0.5, 0.6) is 0 Å². The largest absolute Gasteiger partial charge is 0.423 e. The fourth-order valence-electron chi connectivity index (χ4n) is 3.03. The lowest BCUT2D eigenvalue weighted by Crippen LogP contribution is -2.42. The van der Waals surface area contributed by atoms with Gasteiger partial charge in [-0.2, -0.15) is 0 Å². The Morgan fingerprint density at radius 2 is 1.93 bits per heavy atom. The summed E-state index contributed by atoms with van der Waals surface area (Å²) in [6.07, 6.45) is 1.43. The number of carbonyl (C=O) groups excluding carboxylic acids is 1. The van der Waals surface area contributed by atoms with Gasteiger partial charge in [-0.25, -0.2) is 19.1 Å². The van der Waals surface area contributed by atoms with E-state index in [9.17, 15) is 19.2 Å². The molecule has 0 radical (unpaired) electrons. The molecule has 4 aromatic rings. The van der Waals surface area contributed by atoms with Crippen molar-refractivity contribution in [2.24, 2.45) is 14.1 Å². The molecule has 0 aliphatic heterocycles. The van der Waals surface area contributed by atoms with E-state index in [1.807, 2.05) is 0 Å². The predicted molar refractivity (Wildman–Crippen MR) is 101 cm³/mol. The van der Waals surface area contributed by atoms with Crippen LogP contribution in [0.25, 0.3) is 22.1 Å². The number of carbonyl (C=O) groups is 1. The molecule has 0 aliphatic carbocycles. The van der Waals surface area contributed by atoms with Gasteiger partial charge in [-0.15, -0.1) is 0 Å². The molecule has 0 saturated carbocycles. The van der Waals surface area contributed by atoms with Crippen LogP contribution >= 0.6 is 0 Å². The minimum Gasteiger partial charge on any atom is -0.423 e. The van der Waals surface area contributed by atoms with Gasteiger partial charge in [0.2, 0.25) is 5.91 Å². The summed E-state index contributed by atoms with van der Waals surface area (Å²) < 4.78 is 8.63. The molecule has 10 nitrogen and oxygen atoms in total. The molecule has 0 atom stereocenters.